The topological polar surface area (TPSA) is 12.5 Å². The maximum Gasteiger partial charge on any atom is 0.0593 e. The van der Waals surface area contributed by atoms with E-state index in [0.29, 0.717) is 0 Å². The fourth-order valence-corrected chi connectivity index (χ4v) is 0.628. The molecule has 0 unspecified atom stereocenters. The SMILES string of the molecule is CN(C)CCOCCC[S]. The van der Waals surface area contributed by atoms with E-state index in [1.54, 1.807) is 0 Å². The van der Waals surface area contributed by atoms with Crippen molar-refractivity contribution in [1.82, 2.24) is 4.90 Å². The molecule has 0 fully saturated rings. The number of hydrogen-bond acceptors (Lipinski definition) is 2. The van der Waals surface area contributed by atoms with Gasteiger partial charge in [-0.15, -0.1) is 0 Å². The summed E-state index contributed by atoms with van der Waals surface area (Å²) in [5, 5.41) is 0. The molecule has 0 atom stereocenters. The van der Waals surface area contributed by atoms with Crippen LogP contribution in [0.1, 0.15) is 6.42 Å². The summed E-state index contributed by atoms with van der Waals surface area (Å²) >= 11 is 4.76. The van der Waals surface area contributed by atoms with Gasteiger partial charge >= 0.3 is 0 Å². The van der Waals surface area contributed by atoms with E-state index in [2.05, 4.69) is 4.90 Å². The van der Waals surface area contributed by atoms with Crippen LogP contribution < -0.4 is 0 Å². The molecule has 0 aliphatic heterocycles. The third-order valence-electron chi connectivity index (χ3n) is 1.12. The summed E-state index contributed by atoms with van der Waals surface area (Å²) in [5.41, 5.74) is 0. The summed E-state index contributed by atoms with van der Waals surface area (Å²) in [5.74, 6) is 0.808. The monoisotopic (exact) mass is 162 g/mol. The molecule has 0 aromatic carbocycles. The molecule has 10 heavy (non-hydrogen) atoms. The van der Waals surface area contributed by atoms with Crippen LogP contribution in [0.5, 0.6) is 0 Å². The Hall–Kier alpha value is 0.270. The molecule has 3 heteroatoms. The maximum atomic E-state index is 5.28. The largest absolute Gasteiger partial charge is 0.380 e. The van der Waals surface area contributed by atoms with Crippen molar-refractivity contribution in [3.63, 3.8) is 0 Å². The van der Waals surface area contributed by atoms with Gasteiger partial charge in [-0.2, -0.15) is 0 Å². The predicted octanol–water partition coefficient (Wildman–Crippen LogP) is 1.15. The second-order valence-electron chi connectivity index (χ2n) is 2.47. The molecule has 2 nitrogen and oxygen atoms in total. The normalized spacial score (nSPS) is 10.8. The first-order valence-electron chi connectivity index (χ1n) is 3.58. The second-order valence-corrected chi connectivity index (χ2v) is 2.88. The Kier molecular flexibility index (Phi) is 7.58. The Morgan fingerprint density at radius 1 is 1.30 bits per heavy atom. The summed E-state index contributed by atoms with van der Waals surface area (Å²) in [7, 11) is 4.08. The average Bonchev–Trinajstić information content (AvgIpc) is 1.87. The zero-order valence-electron chi connectivity index (χ0n) is 6.80. The number of hydrogen-bond donors (Lipinski definition) is 0. The van der Waals surface area contributed by atoms with Gasteiger partial charge in [0.1, 0.15) is 0 Å². The van der Waals surface area contributed by atoms with Crippen molar-refractivity contribution in [3.05, 3.63) is 0 Å². The van der Waals surface area contributed by atoms with Gasteiger partial charge in [0, 0.05) is 18.9 Å². The first-order chi connectivity index (χ1) is 4.77. The zero-order valence-corrected chi connectivity index (χ0v) is 7.62. The van der Waals surface area contributed by atoms with Crippen molar-refractivity contribution < 1.29 is 4.74 Å². The Labute approximate surface area is 69.0 Å². The average molecular weight is 162 g/mol. The Morgan fingerprint density at radius 3 is 2.50 bits per heavy atom. The molecule has 0 bridgehead atoms. The summed E-state index contributed by atoms with van der Waals surface area (Å²) in [6.45, 7) is 2.64. The third kappa shape index (κ3) is 8.27. The molecule has 0 aromatic rings. The van der Waals surface area contributed by atoms with Crippen LogP contribution in [0, 0.1) is 0 Å². The Balaban J connectivity index is 2.77. The molecule has 0 heterocycles. The van der Waals surface area contributed by atoms with Crippen molar-refractivity contribution >= 4 is 12.6 Å². The van der Waals surface area contributed by atoms with Crippen LogP contribution in [0.25, 0.3) is 0 Å². The first-order valence-corrected chi connectivity index (χ1v) is 4.15. The van der Waals surface area contributed by atoms with Crippen LogP contribution in [0.4, 0.5) is 0 Å². The Bertz CT molecular complexity index is 68.6. The molecule has 0 spiro atoms. The first kappa shape index (κ1) is 10.3. The lowest BCUT2D eigenvalue weighted by Crippen LogP contribution is -2.18. The zero-order chi connectivity index (χ0) is 7.82. The third-order valence-corrected chi connectivity index (χ3v) is 1.40. The molecule has 0 aliphatic rings. The van der Waals surface area contributed by atoms with Gasteiger partial charge in [0.2, 0.25) is 0 Å². The molecule has 1 radical (unpaired) electrons. The van der Waals surface area contributed by atoms with Gasteiger partial charge in [-0.1, -0.05) is 12.6 Å². The molecule has 61 valence electrons. The van der Waals surface area contributed by atoms with E-state index in [1.807, 2.05) is 14.1 Å². The maximum absolute atomic E-state index is 5.28. The molecule has 0 saturated heterocycles. The summed E-state index contributed by atoms with van der Waals surface area (Å²) in [6.07, 6.45) is 1.00. The van der Waals surface area contributed by atoms with Crippen LogP contribution in [0.2, 0.25) is 0 Å². The summed E-state index contributed by atoms with van der Waals surface area (Å²) < 4.78 is 5.28. The van der Waals surface area contributed by atoms with Gasteiger partial charge < -0.3 is 9.64 Å². The Morgan fingerprint density at radius 2 is 2.00 bits per heavy atom. The smallest absolute Gasteiger partial charge is 0.0593 e. The van der Waals surface area contributed by atoms with E-state index >= 15 is 0 Å². The highest BCUT2D eigenvalue weighted by molar-refractivity contribution is 7.80. The highest BCUT2D eigenvalue weighted by atomic mass is 32.1. The number of nitrogens with zero attached hydrogens (tertiary/aromatic N) is 1. The minimum absolute atomic E-state index is 0.808. The van der Waals surface area contributed by atoms with Crippen LogP contribution in [-0.4, -0.2) is 44.5 Å². The van der Waals surface area contributed by atoms with Crippen LogP contribution in [0.3, 0.4) is 0 Å². The molecular formula is C7H16NOS. The van der Waals surface area contributed by atoms with E-state index < -0.39 is 0 Å². The van der Waals surface area contributed by atoms with Crippen LogP contribution >= 0.6 is 12.6 Å². The second kappa shape index (κ2) is 7.38. The van der Waals surface area contributed by atoms with Crippen LogP contribution in [0.15, 0.2) is 0 Å². The minimum Gasteiger partial charge on any atom is -0.380 e. The lowest BCUT2D eigenvalue weighted by Gasteiger charge is -2.08. The van der Waals surface area contributed by atoms with Crippen molar-refractivity contribution in [2.75, 3.05) is 39.6 Å². The molecule has 0 rings (SSSR count). The molecule has 0 amide bonds. The van der Waals surface area contributed by atoms with Gasteiger partial charge in [-0.25, -0.2) is 0 Å². The van der Waals surface area contributed by atoms with E-state index in [1.165, 1.54) is 0 Å². The number of ether oxygens (including phenoxy) is 1. The minimum atomic E-state index is 0.808. The highest BCUT2D eigenvalue weighted by Crippen LogP contribution is 1.85. The standard InChI is InChI=1S/C7H16NOS/c1-8(2)4-6-9-5-3-7-10/h3-7H2,1-2H3. The van der Waals surface area contributed by atoms with Gasteiger partial charge in [0.05, 0.1) is 6.61 Å². The molecular weight excluding hydrogens is 146 g/mol. The molecule has 0 aromatic heterocycles. The quantitative estimate of drug-likeness (QED) is 0.543. The lowest BCUT2D eigenvalue weighted by molar-refractivity contribution is 0.119. The van der Waals surface area contributed by atoms with Gasteiger partial charge in [-0.3, -0.25) is 0 Å². The van der Waals surface area contributed by atoms with Crippen molar-refractivity contribution in [3.8, 4) is 0 Å². The molecule has 0 saturated carbocycles. The van der Waals surface area contributed by atoms with Crippen molar-refractivity contribution in [2.24, 2.45) is 0 Å². The van der Waals surface area contributed by atoms with Crippen molar-refractivity contribution in [2.45, 2.75) is 6.42 Å². The van der Waals surface area contributed by atoms with Gasteiger partial charge in [-0.05, 0) is 20.5 Å². The molecule has 0 N–H and O–H groups in total. The number of rotatable bonds is 6. The van der Waals surface area contributed by atoms with Gasteiger partial charge in [0.25, 0.3) is 0 Å². The van der Waals surface area contributed by atoms with E-state index in [9.17, 15) is 0 Å². The highest BCUT2D eigenvalue weighted by Gasteiger charge is 1.89. The fraction of sp³-hybridized carbons (Fsp3) is 1.00. The fourth-order valence-electron chi connectivity index (χ4n) is 0.510. The summed E-state index contributed by atoms with van der Waals surface area (Å²) in [4.78, 5) is 2.10. The molecule has 0 aliphatic carbocycles. The number of likely N-dealkylation sites (N-methyl/N-ethyl adjacent to an activating group) is 1. The van der Waals surface area contributed by atoms with E-state index in [4.69, 9.17) is 17.4 Å². The predicted molar refractivity (Wildman–Crippen MR) is 46.4 cm³/mol. The lowest BCUT2D eigenvalue weighted by atomic mass is 10.5. The van der Waals surface area contributed by atoms with E-state index in [0.717, 1.165) is 31.9 Å². The van der Waals surface area contributed by atoms with E-state index in [-0.39, 0.29) is 0 Å². The van der Waals surface area contributed by atoms with Crippen LogP contribution in [-0.2, 0) is 4.74 Å². The van der Waals surface area contributed by atoms with Gasteiger partial charge in [0.15, 0.2) is 0 Å². The van der Waals surface area contributed by atoms with Crippen molar-refractivity contribution in [1.29, 1.82) is 0 Å². The summed E-state index contributed by atoms with van der Waals surface area (Å²) in [6, 6.07) is 0.